The number of carbonyl (C=O) groups excluding carboxylic acids is 1. The van der Waals surface area contributed by atoms with Crippen LogP contribution < -0.4 is 4.18 Å². The van der Waals surface area contributed by atoms with E-state index in [1.807, 2.05) is 0 Å². The van der Waals surface area contributed by atoms with Crippen molar-refractivity contribution in [3.8, 4) is 5.75 Å². The van der Waals surface area contributed by atoms with Crippen LogP contribution in [0.4, 0.5) is 13.2 Å². The molecule has 1 aromatic rings. The molecule has 112 valence electrons. The number of ether oxygens (including phenoxy) is 1. The molecule has 0 fully saturated rings. The molecule has 0 aliphatic rings. The highest BCUT2D eigenvalue weighted by Crippen LogP contribution is 2.26. The van der Waals surface area contributed by atoms with E-state index in [0.29, 0.717) is 0 Å². The fourth-order valence-electron chi connectivity index (χ4n) is 1.16. The number of hydrogen-bond donors (Lipinski definition) is 0. The number of pyridine rings is 1. The van der Waals surface area contributed by atoms with Crippen LogP contribution >= 0.6 is 0 Å². The number of hydrogen-bond acceptors (Lipinski definition) is 6. The molecule has 0 unspecified atom stereocenters. The van der Waals surface area contributed by atoms with Crippen molar-refractivity contribution in [2.45, 2.75) is 18.9 Å². The van der Waals surface area contributed by atoms with Gasteiger partial charge in [-0.05, 0) is 18.6 Å². The molecule has 0 saturated heterocycles. The van der Waals surface area contributed by atoms with Crippen LogP contribution in [0.2, 0.25) is 0 Å². The van der Waals surface area contributed by atoms with Gasteiger partial charge in [-0.3, -0.25) is 9.78 Å². The molecular weight excluding hydrogens is 303 g/mol. The molecule has 0 aromatic carbocycles. The third-order valence-corrected chi connectivity index (χ3v) is 2.89. The highest BCUT2D eigenvalue weighted by atomic mass is 32.2. The van der Waals surface area contributed by atoms with Crippen molar-refractivity contribution >= 4 is 16.1 Å². The van der Waals surface area contributed by atoms with Crippen LogP contribution in [-0.2, 0) is 26.1 Å². The average molecular weight is 313 g/mol. The van der Waals surface area contributed by atoms with Gasteiger partial charge in [0.25, 0.3) is 0 Å². The van der Waals surface area contributed by atoms with Crippen molar-refractivity contribution < 1.29 is 35.3 Å². The Kier molecular flexibility index (Phi) is 4.93. The maximum atomic E-state index is 12.1. The second-order valence-electron chi connectivity index (χ2n) is 3.49. The number of nitrogens with zero attached hydrogens (tertiary/aromatic N) is 1. The summed E-state index contributed by atoms with van der Waals surface area (Å²) >= 11 is 0. The lowest BCUT2D eigenvalue weighted by atomic mass is 10.2. The predicted octanol–water partition coefficient (Wildman–Crippen LogP) is 1.42. The van der Waals surface area contributed by atoms with E-state index >= 15 is 0 Å². The standard InChI is InChI=1S/C10H10F3NO5S/c1-2-18-9(15)4-7-3-8(6-14-5-7)19-20(16,17)10(11,12)13/h3,5-6H,2,4H2,1H3. The molecule has 6 nitrogen and oxygen atoms in total. The zero-order valence-electron chi connectivity index (χ0n) is 10.2. The number of alkyl halides is 3. The van der Waals surface area contributed by atoms with E-state index in [1.54, 1.807) is 6.92 Å². The van der Waals surface area contributed by atoms with Gasteiger partial charge in [0.2, 0.25) is 0 Å². The predicted molar refractivity (Wildman–Crippen MR) is 60.2 cm³/mol. The molecule has 10 heteroatoms. The van der Waals surface area contributed by atoms with Gasteiger partial charge in [0.1, 0.15) is 0 Å². The number of rotatable bonds is 5. The minimum Gasteiger partial charge on any atom is -0.466 e. The van der Waals surface area contributed by atoms with Crippen molar-refractivity contribution in [2.75, 3.05) is 6.61 Å². The summed E-state index contributed by atoms with van der Waals surface area (Å²) in [4.78, 5) is 14.7. The van der Waals surface area contributed by atoms with Crippen LogP contribution in [0.1, 0.15) is 12.5 Å². The highest BCUT2D eigenvalue weighted by molar-refractivity contribution is 7.87. The Labute approximate surface area is 112 Å². The Hall–Kier alpha value is -1.84. The average Bonchev–Trinajstić information content (AvgIpc) is 2.27. The molecule has 1 aromatic heterocycles. The first-order valence-electron chi connectivity index (χ1n) is 5.26. The minimum atomic E-state index is -5.76. The normalized spacial score (nSPS) is 12.0. The molecule has 0 saturated carbocycles. The van der Waals surface area contributed by atoms with Crippen molar-refractivity contribution in [3.63, 3.8) is 0 Å². The Balaban J connectivity index is 2.87. The summed E-state index contributed by atoms with van der Waals surface area (Å²) in [7, 11) is -5.76. The molecule has 0 radical (unpaired) electrons. The van der Waals surface area contributed by atoms with Gasteiger partial charge in [-0.1, -0.05) is 0 Å². The summed E-state index contributed by atoms with van der Waals surface area (Å²) in [5.41, 5.74) is -5.37. The molecule has 0 bridgehead atoms. The van der Waals surface area contributed by atoms with Gasteiger partial charge >= 0.3 is 21.6 Å². The van der Waals surface area contributed by atoms with Gasteiger partial charge in [0, 0.05) is 6.20 Å². The van der Waals surface area contributed by atoms with E-state index in [4.69, 9.17) is 0 Å². The Morgan fingerprint density at radius 1 is 1.35 bits per heavy atom. The minimum absolute atomic E-state index is 0.144. The zero-order chi connectivity index (χ0) is 15.4. The summed E-state index contributed by atoms with van der Waals surface area (Å²) in [5.74, 6) is -1.26. The SMILES string of the molecule is CCOC(=O)Cc1cncc(OS(=O)(=O)C(F)(F)F)c1. The van der Waals surface area contributed by atoms with E-state index in [-0.39, 0.29) is 18.6 Å². The van der Waals surface area contributed by atoms with Gasteiger partial charge < -0.3 is 8.92 Å². The summed E-state index contributed by atoms with van der Waals surface area (Å²) in [5, 5.41) is 0. The lowest BCUT2D eigenvalue weighted by Crippen LogP contribution is -2.28. The van der Waals surface area contributed by atoms with Gasteiger partial charge in [-0.15, -0.1) is 0 Å². The summed E-state index contributed by atoms with van der Waals surface area (Å²) in [6, 6.07) is 0.965. The molecule has 1 heterocycles. The molecule has 0 atom stereocenters. The molecule has 20 heavy (non-hydrogen) atoms. The van der Waals surface area contributed by atoms with Gasteiger partial charge in [0.05, 0.1) is 19.2 Å². The number of carbonyl (C=O) groups is 1. The summed E-state index contributed by atoms with van der Waals surface area (Å²) in [6.07, 6.45) is 1.71. The van der Waals surface area contributed by atoms with Crippen molar-refractivity contribution in [1.82, 2.24) is 4.98 Å². The highest BCUT2D eigenvalue weighted by Gasteiger charge is 2.48. The Morgan fingerprint density at radius 3 is 2.55 bits per heavy atom. The third kappa shape index (κ3) is 4.37. The van der Waals surface area contributed by atoms with E-state index in [2.05, 4.69) is 13.9 Å². The first-order valence-corrected chi connectivity index (χ1v) is 6.67. The fourth-order valence-corrected chi connectivity index (χ4v) is 1.60. The van der Waals surface area contributed by atoms with E-state index in [9.17, 15) is 26.4 Å². The van der Waals surface area contributed by atoms with Crippen LogP contribution in [0.3, 0.4) is 0 Å². The summed E-state index contributed by atoms with van der Waals surface area (Å²) < 4.78 is 66.5. The molecule has 0 N–H and O–H groups in total. The lowest BCUT2D eigenvalue weighted by molar-refractivity contribution is -0.142. The van der Waals surface area contributed by atoms with Crippen LogP contribution in [-0.4, -0.2) is 31.5 Å². The van der Waals surface area contributed by atoms with Gasteiger partial charge in [0.15, 0.2) is 5.75 Å². The van der Waals surface area contributed by atoms with Crippen LogP contribution in [0.15, 0.2) is 18.5 Å². The fraction of sp³-hybridized carbons (Fsp3) is 0.400. The zero-order valence-corrected chi connectivity index (χ0v) is 11.0. The molecule has 0 aliphatic heterocycles. The maximum Gasteiger partial charge on any atom is 0.534 e. The van der Waals surface area contributed by atoms with E-state index < -0.39 is 27.3 Å². The largest absolute Gasteiger partial charge is 0.534 e. The second-order valence-corrected chi connectivity index (χ2v) is 5.03. The molecule has 0 spiro atoms. The summed E-state index contributed by atoms with van der Waals surface area (Å²) in [6.45, 7) is 1.73. The second kappa shape index (κ2) is 6.07. The van der Waals surface area contributed by atoms with Crippen molar-refractivity contribution in [1.29, 1.82) is 0 Å². The van der Waals surface area contributed by atoms with Crippen molar-refractivity contribution in [3.05, 3.63) is 24.0 Å². The maximum absolute atomic E-state index is 12.1. The topological polar surface area (TPSA) is 82.6 Å². The monoisotopic (exact) mass is 313 g/mol. The number of aromatic nitrogens is 1. The molecule has 1 rings (SSSR count). The quantitative estimate of drug-likeness (QED) is 0.464. The van der Waals surface area contributed by atoms with Crippen LogP contribution in [0.5, 0.6) is 5.75 Å². The molecule has 0 amide bonds. The molecular formula is C10H10F3NO5S. The number of halogens is 3. The van der Waals surface area contributed by atoms with E-state index in [0.717, 1.165) is 12.3 Å². The Bertz CT molecular complexity index is 585. The lowest BCUT2D eigenvalue weighted by Gasteiger charge is -2.09. The molecule has 0 aliphatic carbocycles. The van der Waals surface area contributed by atoms with Crippen LogP contribution in [0.25, 0.3) is 0 Å². The number of esters is 1. The first kappa shape index (κ1) is 16.2. The van der Waals surface area contributed by atoms with Gasteiger partial charge in [-0.2, -0.15) is 21.6 Å². The van der Waals surface area contributed by atoms with E-state index in [1.165, 1.54) is 6.20 Å². The third-order valence-electron chi connectivity index (χ3n) is 1.91. The van der Waals surface area contributed by atoms with Crippen LogP contribution in [0, 0.1) is 0 Å². The van der Waals surface area contributed by atoms with Gasteiger partial charge in [-0.25, -0.2) is 0 Å². The first-order chi connectivity index (χ1) is 9.15. The van der Waals surface area contributed by atoms with Crippen molar-refractivity contribution in [2.24, 2.45) is 0 Å². The smallest absolute Gasteiger partial charge is 0.466 e. The Morgan fingerprint density at radius 2 is 2.00 bits per heavy atom.